The molecule has 94 valence electrons. The van der Waals surface area contributed by atoms with Gasteiger partial charge in [0.15, 0.2) is 0 Å². The van der Waals surface area contributed by atoms with Crippen molar-refractivity contribution in [1.29, 1.82) is 0 Å². The molecule has 0 radical (unpaired) electrons. The molecule has 1 aromatic carbocycles. The topological polar surface area (TPSA) is 44.8 Å². The van der Waals surface area contributed by atoms with Crippen molar-refractivity contribution in [3.8, 4) is 11.8 Å². The lowest BCUT2D eigenvalue weighted by Crippen LogP contribution is -2.33. The predicted molar refractivity (Wildman–Crippen MR) is 65.0 cm³/mol. The number of hydrogen-bond donors (Lipinski definition) is 0. The molecule has 0 saturated carbocycles. The largest absolute Gasteiger partial charge is 0.510 e. The minimum absolute atomic E-state index is 0.150. The molecule has 1 atom stereocenters. The van der Waals surface area contributed by atoms with Crippen molar-refractivity contribution >= 4 is 6.16 Å². The summed E-state index contributed by atoms with van der Waals surface area (Å²) in [5.74, 6) is 5.76. The summed E-state index contributed by atoms with van der Waals surface area (Å²) in [6.45, 7) is 0.450. The van der Waals surface area contributed by atoms with Crippen molar-refractivity contribution < 1.29 is 19.0 Å². The molecule has 18 heavy (non-hydrogen) atoms. The van der Waals surface area contributed by atoms with Gasteiger partial charge in [0.05, 0.1) is 0 Å². The minimum Gasteiger partial charge on any atom is -0.429 e. The Bertz CT molecular complexity index is 472. The molecule has 1 aliphatic heterocycles. The Labute approximate surface area is 106 Å². The van der Waals surface area contributed by atoms with Gasteiger partial charge in [-0.15, -0.1) is 0 Å². The lowest BCUT2D eigenvalue weighted by atomic mass is 9.96. The fourth-order valence-corrected chi connectivity index (χ4v) is 1.78. The van der Waals surface area contributed by atoms with E-state index in [-0.39, 0.29) is 6.61 Å². The van der Waals surface area contributed by atoms with Crippen LogP contribution in [0.25, 0.3) is 0 Å². The highest BCUT2D eigenvalue weighted by molar-refractivity contribution is 5.64. The van der Waals surface area contributed by atoms with Gasteiger partial charge in [-0.05, 0) is 11.5 Å². The van der Waals surface area contributed by atoms with Crippen LogP contribution in [0.5, 0.6) is 0 Å². The van der Waals surface area contributed by atoms with E-state index in [9.17, 15) is 4.79 Å². The van der Waals surface area contributed by atoms with E-state index >= 15 is 0 Å². The van der Waals surface area contributed by atoms with Crippen LogP contribution in [0, 0.1) is 11.8 Å². The van der Waals surface area contributed by atoms with Crippen LogP contribution >= 0.6 is 0 Å². The molecule has 0 aromatic heterocycles. The molecule has 2 rings (SSSR count). The Hall–Kier alpha value is -1.99. The lowest BCUT2D eigenvalue weighted by molar-refractivity contribution is 0.0945. The molecule has 1 fully saturated rings. The highest BCUT2D eigenvalue weighted by atomic mass is 16.8. The van der Waals surface area contributed by atoms with Gasteiger partial charge in [0.1, 0.15) is 13.2 Å². The summed E-state index contributed by atoms with van der Waals surface area (Å²) in [4.78, 5) is 11.1. The van der Waals surface area contributed by atoms with E-state index < -0.39 is 11.8 Å². The Morgan fingerprint density at radius 1 is 1.39 bits per heavy atom. The van der Waals surface area contributed by atoms with Gasteiger partial charge in [-0.25, -0.2) is 4.79 Å². The van der Waals surface area contributed by atoms with Gasteiger partial charge in [0, 0.05) is 13.5 Å². The van der Waals surface area contributed by atoms with Crippen LogP contribution in [0.1, 0.15) is 5.56 Å². The van der Waals surface area contributed by atoms with Crippen molar-refractivity contribution in [1.82, 2.24) is 0 Å². The average Bonchev–Trinajstić information content (AvgIpc) is 2.73. The molecule has 0 bridgehead atoms. The second kappa shape index (κ2) is 5.56. The maximum atomic E-state index is 11.1. The SMILES string of the molecule is COCC#CC1(Cc2ccccc2)COC(=O)O1. The molecule has 0 spiro atoms. The standard InChI is InChI=1S/C14H14O4/c1-16-9-5-8-14(11-17-13(15)18-14)10-12-6-3-2-4-7-12/h2-4,6-7H,9-11H2,1H3. The van der Waals surface area contributed by atoms with E-state index in [1.807, 2.05) is 30.3 Å². The molecule has 0 amide bonds. The third kappa shape index (κ3) is 3.02. The van der Waals surface area contributed by atoms with Crippen LogP contribution in [0.3, 0.4) is 0 Å². The summed E-state index contributed by atoms with van der Waals surface area (Å²) >= 11 is 0. The number of carbonyl (C=O) groups is 1. The van der Waals surface area contributed by atoms with Crippen LogP contribution in [0.15, 0.2) is 30.3 Å². The Kier molecular flexibility index (Phi) is 3.85. The molecule has 4 nitrogen and oxygen atoms in total. The zero-order chi connectivity index (χ0) is 12.8. The molecule has 4 heteroatoms. The van der Waals surface area contributed by atoms with Gasteiger partial charge in [0.25, 0.3) is 0 Å². The van der Waals surface area contributed by atoms with Crippen molar-refractivity contribution in [2.45, 2.75) is 12.0 Å². The highest BCUT2D eigenvalue weighted by Crippen LogP contribution is 2.24. The maximum Gasteiger partial charge on any atom is 0.510 e. The normalized spacial score (nSPS) is 21.7. The number of carbonyl (C=O) groups excluding carboxylic acids is 1. The van der Waals surface area contributed by atoms with Crippen molar-refractivity contribution in [3.63, 3.8) is 0 Å². The Morgan fingerprint density at radius 2 is 2.17 bits per heavy atom. The molecule has 1 unspecified atom stereocenters. The first-order valence-corrected chi connectivity index (χ1v) is 5.63. The first kappa shape index (κ1) is 12.5. The smallest absolute Gasteiger partial charge is 0.429 e. The quantitative estimate of drug-likeness (QED) is 0.602. The van der Waals surface area contributed by atoms with Crippen molar-refractivity contribution in [2.24, 2.45) is 0 Å². The summed E-state index contributed by atoms with van der Waals surface area (Å²) in [5.41, 5.74) is 0.152. The first-order chi connectivity index (χ1) is 8.74. The van der Waals surface area contributed by atoms with E-state index in [0.717, 1.165) is 5.56 Å². The zero-order valence-corrected chi connectivity index (χ0v) is 10.1. The molecule has 1 aliphatic rings. The fourth-order valence-electron chi connectivity index (χ4n) is 1.78. The summed E-state index contributed by atoms with van der Waals surface area (Å²) in [6.07, 6.45) is -0.159. The molecule has 0 N–H and O–H groups in total. The van der Waals surface area contributed by atoms with Crippen LogP contribution in [-0.2, 0) is 20.6 Å². The van der Waals surface area contributed by atoms with Crippen LogP contribution in [-0.4, -0.2) is 32.1 Å². The molecule has 1 heterocycles. The summed E-state index contributed by atoms with van der Waals surface area (Å²) < 4.78 is 14.9. The first-order valence-electron chi connectivity index (χ1n) is 5.63. The number of rotatable bonds is 3. The molecular weight excluding hydrogens is 232 g/mol. The number of ether oxygens (including phenoxy) is 3. The maximum absolute atomic E-state index is 11.1. The summed E-state index contributed by atoms with van der Waals surface area (Å²) in [5, 5.41) is 0. The van der Waals surface area contributed by atoms with Gasteiger partial charge in [-0.2, -0.15) is 0 Å². The zero-order valence-electron chi connectivity index (χ0n) is 10.1. The lowest BCUT2D eigenvalue weighted by Gasteiger charge is -2.18. The number of benzene rings is 1. The monoisotopic (exact) mass is 246 g/mol. The van der Waals surface area contributed by atoms with Crippen molar-refractivity contribution in [3.05, 3.63) is 35.9 Å². The molecule has 0 aliphatic carbocycles. The highest BCUT2D eigenvalue weighted by Gasteiger charge is 2.41. The predicted octanol–water partition coefficient (Wildman–Crippen LogP) is 1.78. The summed E-state index contributed by atoms with van der Waals surface area (Å²) in [6, 6.07) is 9.73. The van der Waals surface area contributed by atoms with E-state index in [1.165, 1.54) is 0 Å². The van der Waals surface area contributed by atoms with Crippen molar-refractivity contribution in [2.75, 3.05) is 20.3 Å². The second-order valence-electron chi connectivity index (χ2n) is 4.03. The van der Waals surface area contributed by atoms with E-state index in [0.29, 0.717) is 13.0 Å². The van der Waals surface area contributed by atoms with E-state index in [2.05, 4.69) is 11.8 Å². The third-order valence-corrected chi connectivity index (χ3v) is 2.57. The molecule has 1 aromatic rings. The number of cyclic esters (lactones) is 2. The van der Waals surface area contributed by atoms with Gasteiger partial charge in [-0.1, -0.05) is 36.3 Å². The summed E-state index contributed by atoms with van der Waals surface area (Å²) in [7, 11) is 1.57. The van der Waals surface area contributed by atoms with Gasteiger partial charge in [-0.3, -0.25) is 0 Å². The Morgan fingerprint density at radius 3 is 2.78 bits per heavy atom. The van der Waals surface area contributed by atoms with E-state index in [4.69, 9.17) is 14.2 Å². The van der Waals surface area contributed by atoms with Crippen LogP contribution in [0.2, 0.25) is 0 Å². The van der Waals surface area contributed by atoms with Gasteiger partial charge < -0.3 is 14.2 Å². The van der Waals surface area contributed by atoms with E-state index in [1.54, 1.807) is 7.11 Å². The minimum atomic E-state index is -0.892. The average molecular weight is 246 g/mol. The van der Waals surface area contributed by atoms with Gasteiger partial charge in [0.2, 0.25) is 5.60 Å². The second-order valence-corrected chi connectivity index (χ2v) is 4.03. The van der Waals surface area contributed by atoms with Crippen LogP contribution in [0.4, 0.5) is 4.79 Å². The van der Waals surface area contributed by atoms with Gasteiger partial charge >= 0.3 is 6.16 Å². The Balaban J connectivity index is 2.16. The van der Waals surface area contributed by atoms with Crippen LogP contribution < -0.4 is 0 Å². The third-order valence-electron chi connectivity index (χ3n) is 2.57. The molecule has 1 saturated heterocycles. The molecular formula is C14H14O4. The number of hydrogen-bond acceptors (Lipinski definition) is 4. The fraction of sp³-hybridized carbons (Fsp3) is 0.357. The number of methoxy groups -OCH3 is 1.